The molecule has 3 heterocycles. The fraction of sp³-hybridized carbons (Fsp3) is 0.625. The fourth-order valence-corrected chi connectivity index (χ4v) is 3.61. The summed E-state index contributed by atoms with van der Waals surface area (Å²) in [4.78, 5) is 0. The van der Waals surface area contributed by atoms with Crippen LogP contribution in [0.25, 0.3) is 0 Å². The molecule has 1 aromatic rings. The number of rotatable bonds is 4. The second-order valence-corrected chi connectivity index (χ2v) is 6.35. The molecule has 0 amide bonds. The van der Waals surface area contributed by atoms with Crippen LogP contribution in [0, 0.1) is 5.92 Å². The van der Waals surface area contributed by atoms with Gasteiger partial charge >= 0.3 is 0 Å². The molecule has 3 N–H and O–H groups in total. The minimum atomic E-state index is 0.289. The van der Waals surface area contributed by atoms with Gasteiger partial charge in [0.15, 0.2) is 0 Å². The van der Waals surface area contributed by atoms with Crippen LogP contribution in [0.1, 0.15) is 12.0 Å². The first-order chi connectivity index (χ1) is 10.4. The van der Waals surface area contributed by atoms with E-state index >= 15 is 0 Å². The lowest BCUT2D eigenvalue weighted by Crippen LogP contribution is -2.56. The number of hydrogen-bond acceptors (Lipinski definition) is 5. The van der Waals surface area contributed by atoms with Crippen LogP contribution < -0.4 is 20.8 Å². The minimum Gasteiger partial charge on any atom is -0.488 e. The Balaban J connectivity index is 1.21. The average Bonchev–Trinajstić information content (AvgIpc) is 3.12. The molecule has 0 aromatic heterocycles. The summed E-state index contributed by atoms with van der Waals surface area (Å²) < 4.78 is 5.96. The van der Waals surface area contributed by atoms with Crippen LogP contribution in [0.4, 0.5) is 0 Å². The van der Waals surface area contributed by atoms with Gasteiger partial charge in [0.05, 0.1) is 6.17 Å². The highest BCUT2D eigenvalue weighted by molar-refractivity contribution is 5.37. The molecule has 3 unspecified atom stereocenters. The Morgan fingerprint density at radius 3 is 3.19 bits per heavy atom. The Labute approximate surface area is 126 Å². The Hall–Kier alpha value is -1.14. The second-order valence-electron chi connectivity index (χ2n) is 6.35. The van der Waals surface area contributed by atoms with E-state index in [-0.39, 0.29) is 6.10 Å². The SMILES string of the molecule is c1ccc2c(c1)CC(CNCC1CNC3CCNN3C1)O2. The van der Waals surface area contributed by atoms with Crippen molar-refractivity contribution < 1.29 is 4.74 Å². The van der Waals surface area contributed by atoms with E-state index in [2.05, 4.69) is 39.3 Å². The minimum absolute atomic E-state index is 0.289. The third kappa shape index (κ3) is 2.92. The number of hydrogen-bond donors (Lipinski definition) is 3. The first-order valence-electron chi connectivity index (χ1n) is 8.07. The van der Waals surface area contributed by atoms with Gasteiger partial charge in [-0.2, -0.15) is 0 Å². The lowest BCUT2D eigenvalue weighted by molar-refractivity contribution is 0.0892. The van der Waals surface area contributed by atoms with Crippen molar-refractivity contribution in [2.45, 2.75) is 25.1 Å². The van der Waals surface area contributed by atoms with Gasteiger partial charge in [0, 0.05) is 39.1 Å². The molecule has 2 saturated heterocycles. The first-order valence-corrected chi connectivity index (χ1v) is 8.07. The third-order valence-electron chi connectivity index (χ3n) is 4.72. The predicted molar refractivity (Wildman–Crippen MR) is 82.0 cm³/mol. The van der Waals surface area contributed by atoms with Crippen LogP contribution in [0.3, 0.4) is 0 Å². The lowest BCUT2D eigenvalue weighted by atomic mass is 10.1. The molecule has 0 saturated carbocycles. The molecule has 0 aliphatic carbocycles. The smallest absolute Gasteiger partial charge is 0.123 e. The van der Waals surface area contributed by atoms with Gasteiger partial charge in [-0.25, -0.2) is 5.01 Å². The number of benzene rings is 1. The van der Waals surface area contributed by atoms with Crippen LogP contribution >= 0.6 is 0 Å². The molecule has 21 heavy (non-hydrogen) atoms. The van der Waals surface area contributed by atoms with Gasteiger partial charge in [-0.05, 0) is 24.0 Å². The van der Waals surface area contributed by atoms with Gasteiger partial charge in [0.2, 0.25) is 0 Å². The zero-order valence-corrected chi connectivity index (χ0v) is 12.3. The summed E-state index contributed by atoms with van der Waals surface area (Å²) in [7, 11) is 0. The predicted octanol–water partition coefficient (Wildman–Crippen LogP) is 0.336. The normalized spacial score (nSPS) is 31.7. The van der Waals surface area contributed by atoms with Gasteiger partial charge in [-0.3, -0.25) is 5.43 Å². The van der Waals surface area contributed by atoms with Crippen molar-refractivity contribution in [3.63, 3.8) is 0 Å². The molecule has 3 aliphatic heterocycles. The van der Waals surface area contributed by atoms with Crippen molar-refractivity contribution in [3.05, 3.63) is 29.8 Å². The van der Waals surface area contributed by atoms with E-state index in [1.807, 2.05) is 6.07 Å². The van der Waals surface area contributed by atoms with Gasteiger partial charge in [0.25, 0.3) is 0 Å². The topological polar surface area (TPSA) is 48.6 Å². The van der Waals surface area contributed by atoms with E-state index in [1.165, 1.54) is 12.0 Å². The van der Waals surface area contributed by atoms with Crippen LogP contribution in [0.15, 0.2) is 24.3 Å². The van der Waals surface area contributed by atoms with Gasteiger partial charge in [-0.15, -0.1) is 0 Å². The summed E-state index contributed by atoms with van der Waals surface area (Å²) >= 11 is 0. The highest BCUT2D eigenvalue weighted by Gasteiger charge is 2.31. The van der Waals surface area contributed by atoms with Gasteiger partial charge < -0.3 is 15.4 Å². The zero-order chi connectivity index (χ0) is 14.1. The molecule has 2 fully saturated rings. The van der Waals surface area contributed by atoms with E-state index in [9.17, 15) is 0 Å². The molecule has 1 aromatic carbocycles. The lowest BCUT2D eigenvalue weighted by Gasteiger charge is -2.35. The largest absolute Gasteiger partial charge is 0.488 e. The summed E-state index contributed by atoms with van der Waals surface area (Å²) in [6, 6.07) is 8.37. The second kappa shape index (κ2) is 5.93. The fourth-order valence-electron chi connectivity index (χ4n) is 3.61. The highest BCUT2D eigenvalue weighted by Crippen LogP contribution is 2.27. The van der Waals surface area contributed by atoms with Crippen LogP contribution in [-0.2, 0) is 6.42 Å². The van der Waals surface area contributed by atoms with Crippen LogP contribution in [-0.4, -0.2) is 50.0 Å². The maximum absolute atomic E-state index is 5.96. The number of nitrogens with zero attached hydrogens (tertiary/aromatic N) is 1. The Morgan fingerprint density at radius 1 is 1.29 bits per heavy atom. The van der Waals surface area contributed by atoms with Gasteiger partial charge in [-0.1, -0.05) is 18.2 Å². The molecule has 0 bridgehead atoms. The summed E-state index contributed by atoms with van der Waals surface area (Å²) in [5, 5.41) is 9.57. The van der Waals surface area contributed by atoms with Crippen molar-refractivity contribution in [1.82, 2.24) is 21.1 Å². The molecule has 5 nitrogen and oxygen atoms in total. The van der Waals surface area contributed by atoms with E-state index in [4.69, 9.17) is 4.74 Å². The monoisotopic (exact) mass is 288 g/mol. The van der Waals surface area contributed by atoms with E-state index in [0.717, 1.165) is 44.9 Å². The maximum atomic E-state index is 5.96. The number of hydrazine groups is 1. The number of fused-ring (bicyclic) bond motifs is 2. The van der Waals surface area contributed by atoms with Crippen molar-refractivity contribution in [2.24, 2.45) is 5.92 Å². The van der Waals surface area contributed by atoms with E-state index in [0.29, 0.717) is 12.1 Å². The molecular weight excluding hydrogens is 264 g/mol. The summed E-state index contributed by atoms with van der Waals surface area (Å²) in [5.74, 6) is 1.73. The molecule has 3 atom stereocenters. The van der Waals surface area contributed by atoms with Crippen molar-refractivity contribution >= 4 is 0 Å². The molecule has 5 heteroatoms. The van der Waals surface area contributed by atoms with E-state index in [1.54, 1.807) is 0 Å². The molecule has 3 aliphatic rings. The van der Waals surface area contributed by atoms with Crippen molar-refractivity contribution in [3.8, 4) is 5.75 Å². The Morgan fingerprint density at radius 2 is 2.24 bits per heavy atom. The zero-order valence-electron chi connectivity index (χ0n) is 12.3. The number of ether oxygens (including phenoxy) is 1. The van der Waals surface area contributed by atoms with E-state index < -0.39 is 0 Å². The Kier molecular flexibility index (Phi) is 3.82. The summed E-state index contributed by atoms with van der Waals surface area (Å²) in [5.41, 5.74) is 4.79. The molecular formula is C16H24N4O. The standard InChI is InChI=1S/C16H24N4O/c1-2-4-15-13(3-1)7-14(21-15)10-17-8-12-9-18-16-5-6-19-20(16)11-12/h1-4,12,14,16-19H,5-11H2. The maximum Gasteiger partial charge on any atom is 0.123 e. The van der Waals surface area contributed by atoms with Crippen molar-refractivity contribution in [1.29, 1.82) is 0 Å². The molecule has 0 radical (unpaired) electrons. The Bertz CT molecular complexity index is 470. The molecule has 4 rings (SSSR count). The average molecular weight is 288 g/mol. The number of para-hydroxylation sites is 1. The first kappa shape index (κ1) is 13.5. The molecule has 0 spiro atoms. The highest BCUT2D eigenvalue weighted by atomic mass is 16.5. The van der Waals surface area contributed by atoms with Crippen molar-refractivity contribution in [2.75, 3.05) is 32.7 Å². The summed E-state index contributed by atoms with van der Waals surface area (Å²) in [6.07, 6.45) is 3.08. The summed E-state index contributed by atoms with van der Waals surface area (Å²) in [6.45, 7) is 5.33. The van der Waals surface area contributed by atoms with Crippen LogP contribution in [0.5, 0.6) is 5.75 Å². The third-order valence-corrected chi connectivity index (χ3v) is 4.72. The molecule has 114 valence electrons. The van der Waals surface area contributed by atoms with Gasteiger partial charge in [0.1, 0.15) is 11.9 Å². The van der Waals surface area contributed by atoms with Crippen LogP contribution in [0.2, 0.25) is 0 Å². The number of nitrogens with one attached hydrogen (secondary N) is 3. The quantitative estimate of drug-likeness (QED) is 0.746.